The Morgan fingerprint density at radius 3 is 2.23 bits per heavy atom. The van der Waals surface area contributed by atoms with Gasteiger partial charge in [-0.3, -0.25) is 9.13 Å². The molecule has 48 heavy (non-hydrogen) atoms. The van der Waals surface area contributed by atoms with Crippen molar-refractivity contribution in [3.8, 4) is 23.3 Å². The Labute approximate surface area is 272 Å². The second-order valence-electron chi connectivity index (χ2n) is 11.6. The van der Waals surface area contributed by atoms with E-state index in [2.05, 4.69) is 20.3 Å². The van der Waals surface area contributed by atoms with Crippen LogP contribution in [0.5, 0.6) is 23.3 Å². The molecule has 0 aliphatic carbocycles. The molecule has 14 nitrogen and oxygen atoms in total. The fourth-order valence-electron chi connectivity index (χ4n) is 5.96. The number of nitrogens with zero attached hydrogens (tertiary/aromatic N) is 4. The number of aromatic amines is 2. The number of imidazole rings is 2. The number of benzene rings is 2. The summed E-state index contributed by atoms with van der Waals surface area (Å²) in [6, 6.07) is 16.9. The van der Waals surface area contributed by atoms with E-state index in [1.807, 2.05) is 54.6 Å². The molecule has 2 aliphatic rings. The van der Waals surface area contributed by atoms with E-state index in [-0.39, 0.29) is 37.0 Å². The van der Waals surface area contributed by atoms with Crippen molar-refractivity contribution >= 4 is 39.4 Å². The first-order valence-electron chi connectivity index (χ1n) is 15.7. The number of nitrogen functional groups attached to an aromatic ring is 1. The summed E-state index contributed by atoms with van der Waals surface area (Å²) in [7, 11) is 0. The summed E-state index contributed by atoms with van der Waals surface area (Å²) in [5.74, 6) is 2.60. The minimum atomic E-state index is -0.340. The summed E-state index contributed by atoms with van der Waals surface area (Å²) in [5.41, 5.74) is 10.0. The number of fused-ring (bicyclic) bond motifs is 6. The first-order chi connectivity index (χ1) is 23.5. The smallest absolute Gasteiger partial charge is 0.326 e. The Morgan fingerprint density at radius 1 is 0.708 bits per heavy atom. The van der Waals surface area contributed by atoms with Crippen LogP contribution in [0.1, 0.15) is 24.0 Å². The van der Waals surface area contributed by atoms with E-state index in [4.69, 9.17) is 29.7 Å². The first-order valence-corrected chi connectivity index (χ1v) is 15.7. The Kier molecular flexibility index (Phi) is 7.43. The molecular formula is C34H32N8O6. The molecule has 2 aromatic carbocycles. The third-order valence-corrected chi connectivity index (χ3v) is 8.22. The summed E-state index contributed by atoms with van der Waals surface area (Å²) in [6.07, 6.45) is 5.25. The van der Waals surface area contributed by atoms with Crippen LogP contribution in [0.15, 0.2) is 76.3 Å². The maximum absolute atomic E-state index is 13.4. The molecule has 0 fully saturated rings. The lowest BCUT2D eigenvalue weighted by molar-refractivity contribution is 0.261. The number of hydrogen-bond acceptors (Lipinski definition) is 10. The predicted octanol–water partition coefficient (Wildman–Crippen LogP) is 4.06. The number of ether oxygens (including phenoxy) is 4. The number of hydrogen-bond donors (Lipinski definition) is 4. The lowest BCUT2D eigenvalue weighted by Gasteiger charge is -2.15. The maximum atomic E-state index is 13.4. The highest BCUT2D eigenvalue weighted by Gasteiger charge is 2.18. The van der Waals surface area contributed by atoms with Crippen LogP contribution in [0.25, 0.3) is 22.1 Å². The number of aromatic nitrogens is 6. The number of nitrogens with two attached hydrogens (primary N) is 1. The standard InChI is InChI=1S/C34H32N8O6/c35-31-29-25-16-27(37-31)47-10-4-2-9-46-24-14-21(19-42(25)33(43)39-29)12-22(15-24)36-32-30-26-17-28(38-32)48-11-3-1-8-45-23-7-5-6-20(13-23)18-41(26)34(44)40-30/h2,4-7,12-17H,1,3,8-11,18-19H2,(H2,35,37)(H,36,38)(H,39,43)(H,40,44)/b4-2+. The summed E-state index contributed by atoms with van der Waals surface area (Å²) >= 11 is 0. The minimum absolute atomic E-state index is 0.171. The lowest BCUT2D eigenvalue weighted by atomic mass is 10.1. The average molecular weight is 649 g/mol. The van der Waals surface area contributed by atoms with Gasteiger partial charge in [-0.1, -0.05) is 12.1 Å². The van der Waals surface area contributed by atoms with Crippen molar-refractivity contribution in [2.24, 2.45) is 0 Å². The quantitative estimate of drug-likeness (QED) is 0.200. The van der Waals surface area contributed by atoms with E-state index in [1.54, 1.807) is 21.3 Å². The highest BCUT2D eigenvalue weighted by molar-refractivity contribution is 5.89. The van der Waals surface area contributed by atoms with Crippen molar-refractivity contribution in [2.75, 3.05) is 37.5 Å². The van der Waals surface area contributed by atoms with E-state index < -0.39 is 0 Å². The van der Waals surface area contributed by atoms with Crippen LogP contribution >= 0.6 is 0 Å². The molecule has 0 atom stereocenters. The van der Waals surface area contributed by atoms with Crippen LogP contribution in [-0.4, -0.2) is 55.5 Å². The van der Waals surface area contributed by atoms with Crippen molar-refractivity contribution in [3.05, 3.63) is 98.8 Å². The van der Waals surface area contributed by atoms with Crippen molar-refractivity contribution in [3.63, 3.8) is 0 Å². The molecule has 0 amide bonds. The van der Waals surface area contributed by atoms with Crippen LogP contribution in [0.2, 0.25) is 0 Å². The molecule has 0 spiro atoms. The van der Waals surface area contributed by atoms with E-state index in [9.17, 15) is 9.59 Å². The number of rotatable bonds is 2. The Hall–Kier alpha value is -6.18. The summed E-state index contributed by atoms with van der Waals surface area (Å²) in [4.78, 5) is 41.3. The topological polar surface area (TPSA) is 176 Å². The molecule has 8 bridgehead atoms. The average Bonchev–Trinajstić information content (AvgIpc) is 3.55. The molecule has 0 radical (unpaired) electrons. The highest BCUT2D eigenvalue weighted by Crippen LogP contribution is 2.31. The van der Waals surface area contributed by atoms with Gasteiger partial charge in [0.05, 0.1) is 37.3 Å². The zero-order valence-electron chi connectivity index (χ0n) is 25.8. The predicted molar refractivity (Wildman–Crippen MR) is 180 cm³/mol. The fraction of sp³-hybridized carbons (Fsp3) is 0.235. The van der Waals surface area contributed by atoms with Gasteiger partial charge in [0.2, 0.25) is 11.8 Å². The second-order valence-corrected chi connectivity index (χ2v) is 11.6. The molecule has 6 aromatic rings. The van der Waals surface area contributed by atoms with Crippen molar-refractivity contribution in [1.82, 2.24) is 29.1 Å². The lowest BCUT2D eigenvalue weighted by Crippen LogP contribution is -2.17. The molecule has 2 aliphatic heterocycles. The van der Waals surface area contributed by atoms with E-state index in [1.165, 1.54) is 0 Å². The van der Waals surface area contributed by atoms with Gasteiger partial charge in [0.25, 0.3) is 0 Å². The first kappa shape index (κ1) is 29.2. The minimum Gasteiger partial charge on any atom is -0.494 e. The molecule has 0 saturated carbocycles. The van der Waals surface area contributed by atoms with Gasteiger partial charge in [0.1, 0.15) is 35.7 Å². The van der Waals surface area contributed by atoms with Crippen LogP contribution in [-0.2, 0) is 13.1 Å². The van der Waals surface area contributed by atoms with Gasteiger partial charge in [-0.25, -0.2) is 9.59 Å². The van der Waals surface area contributed by atoms with Gasteiger partial charge < -0.3 is 40.0 Å². The zero-order valence-corrected chi connectivity index (χ0v) is 25.8. The number of H-pyrrole nitrogens is 2. The molecule has 6 heterocycles. The maximum Gasteiger partial charge on any atom is 0.326 e. The third kappa shape index (κ3) is 5.79. The Balaban J connectivity index is 1.21. The van der Waals surface area contributed by atoms with Crippen LogP contribution in [0.4, 0.5) is 17.3 Å². The van der Waals surface area contributed by atoms with Gasteiger partial charge in [0, 0.05) is 23.9 Å². The number of nitrogens with one attached hydrogen (secondary N) is 3. The Morgan fingerprint density at radius 2 is 1.40 bits per heavy atom. The molecule has 8 rings (SSSR count). The van der Waals surface area contributed by atoms with Crippen molar-refractivity contribution < 1.29 is 18.9 Å². The van der Waals surface area contributed by atoms with Gasteiger partial charge in [-0.2, -0.15) is 9.97 Å². The summed E-state index contributed by atoms with van der Waals surface area (Å²) < 4.78 is 27.0. The third-order valence-electron chi connectivity index (χ3n) is 8.22. The molecule has 0 unspecified atom stereocenters. The van der Waals surface area contributed by atoms with E-state index in [0.717, 1.165) is 29.7 Å². The summed E-state index contributed by atoms with van der Waals surface area (Å²) in [5, 5.41) is 3.40. The van der Waals surface area contributed by atoms with Crippen LogP contribution in [0.3, 0.4) is 0 Å². The molecule has 14 heteroatoms. The van der Waals surface area contributed by atoms with E-state index in [0.29, 0.717) is 70.8 Å². The molecule has 5 N–H and O–H groups in total. The van der Waals surface area contributed by atoms with Crippen molar-refractivity contribution in [2.45, 2.75) is 25.9 Å². The summed E-state index contributed by atoms with van der Waals surface area (Å²) in [6.45, 7) is 2.05. The zero-order chi connectivity index (χ0) is 32.6. The molecule has 0 saturated heterocycles. The van der Waals surface area contributed by atoms with Gasteiger partial charge in [-0.05, 0) is 60.4 Å². The van der Waals surface area contributed by atoms with E-state index >= 15 is 0 Å². The number of pyridine rings is 2. The number of anilines is 3. The highest BCUT2D eigenvalue weighted by atomic mass is 16.5. The normalized spacial score (nSPS) is 15.5. The van der Waals surface area contributed by atoms with Gasteiger partial charge >= 0.3 is 11.4 Å². The SMILES string of the molecule is Nc1nc2cc3c1[nH]c(=O)n3Cc1cc(Nc3nc4cc5c3[nH]c(=O)n5Cc3cccc(c3)OCCCCO4)cc(c1)OC/C=C/CO2. The van der Waals surface area contributed by atoms with Crippen LogP contribution < -0.4 is 41.4 Å². The molecular weight excluding hydrogens is 616 g/mol. The Bertz CT molecular complexity index is 2320. The van der Waals surface area contributed by atoms with Crippen LogP contribution in [0, 0.1) is 0 Å². The largest absolute Gasteiger partial charge is 0.494 e. The van der Waals surface area contributed by atoms with Gasteiger partial charge in [0.15, 0.2) is 11.6 Å². The monoisotopic (exact) mass is 648 g/mol. The van der Waals surface area contributed by atoms with Crippen molar-refractivity contribution in [1.29, 1.82) is 0 Å². The second kappa shape index (κ2) is 12.2. The molecule has 4 aromatic heterocycles. The molecule has 244 valence electrons. The fourth-order valence-corrected chi connectivity index (χ4v) is 5.96. The van der Waals surface area contributed by atoms with Gasteiger partial charge in [-0.15, -0.1) is 0 Å².